The van der Waals surface area contributed by atoms with Crippen molar-refractivity contribution in [1.82, 2.24) is 9.55 Å². The van der Waals surface area contributed by atoms with Gasteiger partial charge in [-0.15, -0.1) is 0 Å². The van der Waals surface area contributed by atoms with Crippen LogP contribution >= 0.6 is 0 Å². The number of imidazole rings is 1. The number of hydrogen-bond acceptors (Lipinski definition) is 3. The summed E-state index contributed by atoms with van der Waals surface area (Å²) in [7, 11) is 3.18. The Balaban J connectivity index is 1.94. The van der Waals surface area contributed by atoms with Crippen LogP contribution in [0.2, 0.25) is 0 Å². The van der Waals surface area contributed by atoms with Crippen molar-refractivity contribution in [3.63, 3.8) is 0 Å². The van der Waals surface area contributed by atoms with Crippen molar-refractivity contribution in [2.24, 2.45) is 0 Å². The summed E-state index contributed by atoms with van der Waals surface area (Å²) in [6.45, 7) is 0. The highest BCUT2D eigenvalue weighted by molar-refractivity contribution is 5.80. The van der Waals surface area contributed by atoms with Gasteiger partial charge in [0.1, 0.15) is 17.8 Å². The number of aromatic nitrogens is 2. The normalized spacial score (nSPS) is 10.8. The van der Waals surface area contributed by atoms with E-state index in [9.17, 15) is 8.78 Å². The largest absolute Gasteiger partial charge is 0.497 e. The Hall–Kier alpha value is -3.67. The van der Waals surface area contributed by atoms with Crippen LogP contribution in [0.25, 0.3) is 28.2 Å². The van der Waals surface area contributed by atoms with Crippen molar-refractivity contribution in [2.45, 2.75) is 0 Å². The molecule has 0 atom stereocenters. The standard InChI is InChI=1S/C23H18F2N2O2/c1-28-17-10-6-15(7-11-17)22-23(16-8-12-18(29-2)13-9-16)27(14-26-22)20-5-3-4-19(24)21(20)25/h3-14H,1-2H3. The van der Waals surface area contributed by atoms with E-state index in [0.717, 1.165) is 22.9 Å². The van der Waals surface area contributed by atoms with Crippen LogP contribution in [0.15, 0.2) is 73.1 Å². The highest BCUT2D eigenvalue weighted by atomic mass is 19.2. The number of benzene rings is 3. The second-order valence-corrected chi connectivity index (χ2v) is 6.34. The Morgan fingerprint density at radius 3 is 1.93 bits per heavy atom. The lowest BCUT2D eigenvalue weighted by atomic mass is 10.0. The molecular formula is C23H18F2N2O2. The maximum atomic E-state index is 14.6. The molecule has 0 unspecified atom stereocenters. The van der Waals surface area contributed by atoms with Crippen molar-refractivity contribution in [2.75, 3.05) is 14.2 Å². The van der Waals surface area contributed by atoms with E-state index in [1.54, 1.807) is 18.8 Å². The van der Waals surface area contributed by atoms with Gasteiger partial charge in [0, 0.05) is 11.1 Å². The van der Waals surface area contributed by atoms with Crippen molar-refractivity contribution < 1.29 is 18.3 Å². The molecule has 29 heavy (non-hydrogen) atoms. The van der Waals surface area contributed by atoms with Gasteiger partial charge < -0.3 is 9.47 Å². The van der Waals surface area contributed by atoms with Gasteiger partial charge in [0.15, 0.2) is 11.6 Å². The molecule has 0 aliphatic carbocycles. The average Bonchev–Trinajstić information content (AvgIpc) is 3.20. The first-order valence-corrected chi connectivity index (χ1v) is 8.93. The van der Waals surface area contributed by atoms with Crippen molar-refractivity contribution in [3.8, 4) is 39.7 Å². The molecule has 146 valence electrons. The minimum Gasteiger partial charge on any atom is -0.497 e. The number of rotatable bonds is 5. The van der Waals surface area contributed by atoms with Crippen molar-refractivity contribution in [1.29, 1.82) is 0 Å². The molecule has 0 fully saturated rings. The first-order chi connectivity index (χ1) is 14.1. The Kier molecular flexibility index (Phi) is 4.99. The van der Waals surface area contributed by atoms with Crippen LogP contribution < -0.4 is 9.47 Å². The number of hydrogen-bond donors (Lipinski definition) is 0. The summed E-state index contributed by atoms with van der Waals surface area (Å²) < 4.78 is 40.4. The average molecular weight is 392 g/mol. The smallest absolute Gasteiger partial charge is 0.182 e. The number of halogens is 2. The van der Waals surface area contributed by atoms with Gasteiger partial charge in [0.05, 0.1) is 31.3 Å². The predicted molar refractivity (Wildman–Crippen MR) is 107 cm³/mol. The van der Waals surface area contributed by atoms with Crippen molar-refractivity contribution >= 4 is 0 Å². The summed E-state index contributed by atoms with van der Waals surface area (Å²) in [5.41, 5.74) is 2.98. The zero-order chi connectivity index (χ0) is 20.4. The SMILES string of the molecule is COc1ccc(-c2ncn(-c3cccc(F)c3F)c2-c2ccc(OC)cc2)cc1. The maximum absolute atomic E-state index is 14.6. The molecule has 0 aliphatic rings. The Bertz CT molecular complexity index is 1140. The van der Waals surface area contributed by atoms with Gasteiger partial charge in [-0.05, 0) is 60.7 Å². The summed E-state index contributed by atoms with van der Waals surface area (Å²) in [4.78, 5) is 4.51. The highest BCUT2D eigenvalue weighted by Crippen LogP contribution is 2.35. The Morgan fingerprint density at radius 1 is 0.759 bits per heavy atom. The van der Waals surface area contributed by atoms with Crippen LogP contribution in [0.5, 0.6) is 11.5 Å². The van der Waals surface area contributed by atoms with Gasteiger partial charge in [-0.1, -0.05) is 6.07 Å². The topological polar surface area (TPSA) is 36.3 Å². The van der Waals surface area contributed by atoms with E-state index in [4.69, 9.17) is 9.47 Å². The molecule has 6 heteroatoms. The number of ether oxygens (including phenoxy) is 2. The highest BCUT2D eigenvalue weighted by Gasteiger charge is 2.19. The summed E-state index contributed by atoms with van der Waals surface area (Å²) in [6, 6.07) is 18.8. The van der Waals surface area contributed by atoms with Gasteiger partial charge in [-0.25, -0.2) is 13.8 Å². The molecule has 0 saturated carbocycles. The van der Waals surface area contributed by atoms with Crippen LogP contribution in [0, 0.1) is 11.6 Å². The van der Waals surface area contributed by atoms with Gasteiger partial charge in [-0.2, -0.15) is 0 Å². The molecule has 4 nitrogen and oxygen atoms in total. The third-order valence-corrected chi connectivity index (χ3v) is 4.69. The zero-order valence-electron chi connectivity index (χ0n) is 15.9. The molecule has 0 saturated heterocycles. The molecule has 0 aliphatic heterocycles. The van der Waals surface area contributed by atoms with Crippen LogP contribution in [0.3, 0.4) is 0 Å². The second-order valence-electron chi connectivity index (χ2n) is 6.34. The fraction of sp³-hybridized carbons (Fsp3) is 0.0870. The quantitative estimate of drug-likeness (QED) is 0.450. The Labute approximate surface area is 167 Å². The molecule has 0 spiro atoms. The van der Waals surface area contributed by atoms with E-state index in [1.807, 2.05) is 48.5 Å². The van der Waals surface area contributed by atoms with E-state index in [-0.39, 0.29) is 5.69 Å². The molecule has 4 aromatic rings. The van der Waals surface area contributed by atoms with Crippen LogP contribution in [0.4, 0.5) is 8.78 Å². The molecule has 1 heterocycles. The van der Waals surface area contributed by atoms with E-state index >= 15 is 0 Å². The van der Waals surface area contributed by atoms with Crippen molar-refractivity contribution in [3.05, 3.63) is 84.7 Å². The minimum atomic E-state index is -0.930. The lowest BCUT2D eigenvalue weighted by Crippen LogP contribution is -2.01. The minimum absolute atomic E-state index is 0.0862. The summed E-state index contributed by atoms with van der Waals surface area (Å²) in [5.74, 6) is -0.429. The van der Waals surface area contributed by atoms with Gasteiger partial charge in [0.2, 0.25) is 0 Å². The summed E-state index contributed by atoms with van der Waals surface area (Å²) >= 11 is 0. The molecule has 0 amide bonds. The first kappa shape index (κ1) is 18.7. The van der Waals surface area contributed by atoms with E-state index in [1.165, 1.54) is 18.5 Å². The van der Waals surface area contributed by atoms with Gasteiger partial charge in [-0.3, -0.25) is 4.57 Å². The number of methoxy groups -OCH3 is 2. The van der Waals surface area contributed by atoms with Gasteiger partial charge >= 0.3 is 0 Å². The lowest BCUT2D eigenvalue weighted by molar-refractivity contribution is 0.414. The Morgan fingerprint density at radius 2 is 1.34 bits per heavy atom. The molecule has 0 radical (unpaired) electrons. The maximum Gasteiger partial charge on any atom is 0.182 e. The zero-order valence-corrected chi connectivity index (χ0v) is 15.9. The summed E-state index contributed by atoms with van der Waals surface area (Å²) in [6.07, 6.45) is 1.50. The molecule has 1 aromatic heterocycles. The van der Waals surface area contributed by atoms with Crippen LogP contribution in [-0.4, -0.2) is 23.8 Å². The molecule has 3 aromatic carbocycles. The third kappa shape index (κ3) is 3.45. The second kappa shape index (κ2) is 7.75. The van der Waals surface area contributed by atoms with Crippen LogP contribution in [0.1, 0.15) is 0 Å². The lowest BCUT2D eigenvalue weighted by Gasteiger charge is -2.12. The van der Waals surface area contributed by atoms with E-state index < -0.39 is 11.6 Å². The molecular weight excluding hydrogens is 374 g/mol. The third-order valence-electron chi connectivity index (χ3n) is 4.69. The predicted octanol–water partition coefficient (Wildman–Crippen LogP) is 5.50. The van der Waals surface area contributed by atoms with E-state index in [2.05, 4.69) is 4.98 Å². The number of nitrogens with zero attached hydrogens (tertiary/aromatic N) is 2. The van der Waals surface area contributed by atoms with Gasteiger partial charge in [0.25, 0.3) is 0 Å². The summed E-state index contributed by atoms with van der Waals surface area (Å²) in [5, 5.41) is 0. The fourth-order valence-electron chi connectivity index (χ4n) is 3.19. The van der Waals surface area contributed by atoms with Crippen LogP contribution in [-0.2, 0) is 0 Å². The fourth-order valence-corrected chi connectivity index (χ4v) is 3.19. The monoisotopic (exact) mass is 392 g/mol. The van der Waals surface area contributed by atoms with E-state index in [0.29, 0.717) is 17.1 Å². The molecule has 0 N–H and O–H groups in total. The molecule has 4 rings (SSSR count). The molecule has 0 bridgehead atoms. The first-order valence-electron chi connectivity index (χ1n) is 8.93.